The van der Waals surface area contributed by atoms with E-state index in [9.17, 15) is 24.6 Å². The number of aromatic amines is 1. The molecule has 1 aromatic heterocycles. The lowest BCUT2D eigenvalue weighted by Gasteiger charge is -2.59. The van der Waals surface area contributed by atoms with E-state index in [-0.39, 0.29) is 12.3 Å². The van der Waals surface area contributed by atoms with Crippen molar-refractivity contribution in [2.45, 2.75) is 99.5 Å². The maximum absolute atomic E-state index is 15.3. The molecule has 3 N–H and O–H groups in total. The number of hydrogen-bond acceptors (Lipinski definition) is 12. The second-order valence-electron chi connectivity index (χ2n) is 18.0. The lowest BCUT2D eigenvalue weighted by molar-refractivity contribution is -0.212. The van der Waals surface area contributed by atoms with Gasteiger partial charge in [0.15, 0.2) is 6.10 Å². The van der Waals surface area contributed by atoms with E-state index in [2.05, 4.69) is 26.9 Å². The largest absolute Gasteiger partial charge is 0.496 e. The van der Waals surface area contributed by atoms with E-state index in [1.165, 1.54) is 33.2 Å². The number of anilines is 1. The SMILES string of the molecule is CCC1=CCN2CCC34c5cc(C6(C(=O)OC)CC7CN(CCc8c6[nH]c6ccccc86)CC(O)(CC)C7)c(OC)cc5N(C=O)C3C(O)(C(=O)OC)C(OC(C)=O)C1C24. The molecule has 5 aliphatic heterocycles. The molecule has 1 aliphatic carbocycles. The van der Waals surface area contributed by atoms with Crippen molar-refractivity contribution in [1.29, 1.82) is 0 Å². The Balaban J connectivity index is 1.37. The smallest absolute Gasteiger partial charge is 0.344 e. The van der Waals surface area contributed by atoms with Gasteiger partial charge in [-0.25, -0.2) is 4.79 Å². The molecule has 2 bridgehead atoms. The number of fused-ring (bicyclic) bond motifs is 6. The number of esters is 3. The van der Waals surface area contributed by atoms with Gasteiger partial charge in [0.05, 0.1) is 38.7 Å². The molecule has 2 saturated heterocycles. The van der Waals surface area contributed by atoms with E-state index in [1.807, 2.05) is 38.1 Å². The first-order chi connectivity index (χ1) is 28.8. The standard InChI is InChI=1S/C46H56N4O10/c1-7-28-13-17-49-18-15-44-31-19-32(35(57-4)20-34(31)50(25-51)40(44)46(56,42(54)59-6)39(60-26(3)52)36(28)38(44)49)45(41(53)58-5)22-27-21-43(55,8-2)24-48(23-27)16-14-30-29-11-9-10-12-33(29)47-37(30)45/h9-13,19-20,25,27,36,38-40,47,55-56H,7-8,14-18,21-24H2,1-6H3. The third kappa shape index (κ3) is 5.39. The third-order valence-corrected chi connectivity index (χ3v) is 15.3. The van der Waals surface area contributed by atoms with Crippen LogP contribution in [0.5, 0.6) is 5.75 Å². The number of carbonyl (C=O) groups excluding carboxylic acids is 4. The quantitative estimate of drug-likeness (QED) is 0.131. The predicted octanol–water partition coefficient (Wildman–Crippen LogP) is 3.52. The Kier molecular flexibility index (Phi) is 9.77. The predicted molar refractivity (Wildman–Crippen MR) is 221 cm³/mol. The zero-order chi connectivity index (χ0) is 42.5. The van der Waals surface area contributed by atoms with Gasteiger partial charge >= 0.3 is 17.9 Å². The van der Waals surface area contributed by atoms with Gasteiger partial charge in [-0.1, -0.05) is 43.7 Å². The van der Waals surface area contributed by atoms with Crippen LogP contribution in [-0.2, 0) is 50.6 Å². The molecule has 0 radical (unpaired) electrons. The van der Waals surface area contributed by atoms with Gasteiger partial charge in [0.25, 0.3) is 0 Å². The fourth-order valence-corrected chi connectivity index (χ4v) is 13.1. The van der Waals surface area contributed by atoms with Crippen LogP contribution in [0.15, 0.2) is 48.0 Å². The first-order valence-electron chi connectivity index (χ1n) is 21.3. The maximum atomic E-state index is 15.3. The fraction of sp³-hybridized carbons (Fsp3) is 0.565. The Hall–Kier alpha value is -4.76. The molecule has 14 heteroatoms. The average molecular weight is 825 g/mol. The monoisotopic (exact) mass is 824 g/mol. The number of amides is 1. The van der Waals surface area contributed by atoms with E-state index >= 15 is 4.79 Å². The minimum atomic E-state index is -2.50. The highest BCUT2D eigenvalue weighted by atomic mass is 16.6. The Labute approximate surface area is 349 Å². The summed E-state index contributed by atoms with van der Waals surface area (Å²) in [5.74, 6) is -2.68. The lowest BCUT2D eigenvalue weighted by Crippen LogP contribution is -2.78. The second-order valence-corrected chi connectivity index (χ2v) is 18.0. The summed E-state index contributed by atoms with van der Waals surface area (Å²) in [7, 11) is 4.09. The highest BCUT2D eigenvalue weighted by Crippen LogP contribution is 2.65. The molecule has 14 nitrogen and oxygen atoms in total. The summed E-state index contributed by atoms with van der Waals surface area (Å²) in [6.45, 7) is 8.26. The van der Waals surface area contributed by atoms with Crippen molar-refractivity contribution < 1.29 is 48.3 Å². The van der Waals surface area contributed by atoms with Gasteiger partial charge in [0.1, 0.15) is 11.2 Å². The van der Waals surface area contributed by atoms with Gasteiger partial charge in [-0.3, -0.25) is 24.2 Å². The van der Waals surface area contributed by atoms with Gasteiger partial charge in [-0.05, 0) is 74.2 Å². The molecule has 320 valence electrons. The van der Waals surface area contributed by atoms with Gasteiger partial charge in [0, 0.05) is 78.7 Å². The van der Waals surface area contributed by atoms with Crippen LogP contribution in [0.25, 0.3) is 10.9 Å². The van der Waals surface area contributed by atoms with Crippen molar-refractivity contribution in [3.63, 3.8) is 0 Å². The number of nitrogens with one attached hydrogen (secondary N) is 1. The number of carbonyl (C=O) groups is 4. The van der Waals surface area contributed by atoms with E-state index in [0.29, 0.717) is 99.5 Å². The van der Waals surface area contributed by atoms with Crippen LogP contribution >= 0.6 is 0 Å². The molecule has 2 aromatic carbocycles. The molecule has 1 spiro atoms. The molecule has 1 saturated carbocycles. The number of benzene rings is 2. The minimum absolute atomic E-state index is 0.152. The highest BCUT2D eigenvalue weighted by Gasteiger charge is 2.78. The summed E-state index contributed by atoms with van der Waals surface area (Å²) < 4.78 is 23.6. The second kappa shape index (κ2) is 14.4. The summed E-state index contributed by atoms with van der Waals surface area (Å²) in [5.41, 5.74) is -1.03. The zero-order valence-corrected chi connectivity index (χ0v) is 35.3. The van der Waals surface area contributed by atoms with Crippen LogP contribution in [0.1, 0.15) is 75.3 Å². The van der Waals surface area contributed by atoms with Gasteiger partial charge in [-0.15, -0.1) is 0 Å². The van der Waals surface area contributed by atoms with Crippen molar-refractivity contribution in [3.8, 4) is 5.75 Å². The molecular formula is C46H56N4O10. The van der Waals surface area contributed by atoms with E-state index in [1.54, 1.807) is 6.07 Å². The van der Waals surface area contributed by atoms with Crippen LogP contribution in [-0.4, -0.2) is 133 Å². The molecule has 10 atom stereocenters. The van der Waals surface area contributed by atoms with Crippen molar-refractivity contribution in [1.82, 2.24) is 14.8 Å². The van der Waals surface area contributed by atoms with Crippen LogP contribution < -0.4 is 9.64 Å². The molecule has 3 fully saturated rings. The van der Waals surface area contributed by atoms with E-state index < -0.39 is 64.0 Å². The molecule has 3 aromatic rings. The number of ether oxygens (including phenoxy) is 4. The normalized spacial score (nSPS) is 35.4. The summed E-state index contributed by atoms with van der Waals surface area (Å²) in [6.07, 6.45) is 4.22. The van der Waals surface area contributed by atoms with Crippen LogP contribution in [0, 0.1) is 11.8 Å². The summed E-state index contributed by atoms with van der Waals surface area (Å²) >= 11 is 0. The van der Waals surface area contributed by atoms with Gasteiger partial charge < -0.3 is 39.0 Å². The number of para-hydroxylation sites is 1. The number of piperidine rings is 1. The van der Waals surface area contributed by atoms with E-state index in [0.717, 1.165) is 22.0 Å². The third-order valence-electron chi connectivity index (χ3n) is 15.3. The lowest BCUT2D eigenvalue weighted by atomic mass is 9.52. The van der Waals surface area contributed by atoms with Crippen molar-refractivity contribution in [3.05, 3.63) is 70.4 Å². The summed E-state index contributed by atoms with van der Waals surface area (Å²) in [5, 5.41) is 26.2. The Morgan fingerprint density at radius 1 is 1.00 bits per heavy atom. The Morgan fingerprint density at radius 3 is 2.45 bits per heavy atom. The minimum Gasteiger partial charge on any atom is -0.496 e. The van der Waals surface area contributed by atoms with E-state index in [4.69, 9.17) is 18.9 Å². The van der Waals surface area contributed by atoms with Gasteiger partial charge in [-0.2, -0.15) is 0 Å². The topological polar surface area (TPSA) is 171 Å². The van der Waals surface area contributed by atoms with Crippen LogP contribution in [0.3, 0.4) is 0 Å². The Bertz CT molecular complexity index is 2310. The number of nitrogens with zero attached hydrogens (tertiary/aromatic N) is 3. The number of aromatic nitrogens is 1. The summed E-state index contributed by atoms with van der Waals surface area (Å²) in [6, 6.07) is 10.0. The maximum Gasteiger partial charge on any atom is 0.344 e. The number of aliphatic hydroxyl groups is 2. The summed E-state index contributed by atoms with van der Waals surface area (Å²) in [4.78, 5) is 66.0. The van der Waals surface area contributed by atoms with Crippen molar-refractivity contribution in [2.24, 2.45) is 11.8 Å². The zero-order valence-electron chi connectivity index (χ0n) is 35.3. The number of H-pyrrole nitrogens is 1. The molecule has 6 aliphatic rings. The molecule has 9 rings (SSSR count). The molecular weight excluding hydrogens is 769 g/mol. The number of methoxy groups -OCH3 is 3. The van der Waals surface area contributed by atoms with Gasteiger partial charge in [0.2, 0.25) is 12.0 Å². The molecule has 10 unspecified atom stereocenters. The number of rotatable bonds is 8. The highest BCUT2D eigenvalue weighted by molar-refractivity contribution is 5.96. The first kappa shape index (κ1) is 40.6. The first-order valence-corrected chi connectivity index (χ1v) is 21.3. The van der Waals surface area contributed by atoms with Crippen LogP contribution in [0.2, 0.25) is 0 Å². The number of hydrogen-bond donors (Lipinski definition) is 3. The van der Waals surface area contributed by atoms with Crippen molar-refractivity contribution in [2.75, 3.05) is 59.0 Å². The Morgan fingerprint density at radius 2 is 1.77 bits per heavy atom. The molecule has 6 heterocycles. The molecule has 1 amide bonds. The van der Waals surface area contributed by atoms with Crippen LogP contribution in [0.4, 0.5) is 5.69 Å². The average Bonchev–Trinajstić information content (AvgIpc) is 3.92. The molecule has 60 heavy (non-hydrogen) atoms. The van der Waals surface area contributed by atoms with Crippen molar-refractivity contribution >= 4 is 40.9 Å². The fourth-order valence-electron chi connectivity index (χ4n) is 13.1.